The number of urea groups is 1. The topological polar surface area (TPSA) is 151 Å². The van der Waals surface area contributed by atoms with E-state index in [2.05, 4.69) is 22.3 Å². The normalized spacial score (nSPS) is 19.0. The van der Waals surface area contributed by atoms with Crippen LogP contribution in [0.1, 0.15) is 64.5 Å². The first-order chi connectivity index (χ1) is 17.4. The van der Waals surface area contributed by atoms with E-state index in [1.54, 1.807) is 26.0 Å². The number of anilines is 1. The second kappa shape index (κ2) is 12.1. The summed E-state index contributed by atoms with van der Waals surface area (Å²) >= 11 is 0. The molecule has 12 heteroatoms. The Bertz CT molecular complexity index is 1320. The van der Waals surface area contributed by atoms with Crippen LogP contribution in [0.25, 0.3) is 0 Å². The Morgan fingerprint density at radius 3 is 2.16 bits per heavy atom. The summed E-state index contributed by atoms with van der Waals surface area (Å²) in [6.45, 7) is 5.43. The molecular formula is C25H34N4O6S2. The first-order valence-electron chi connectivity index (χ1n) is 12.3. The largest absolute Gasteiger partial charge is 0.335 e. The van der Waals surface area contributed by atoms with E-state index in [0.29, 0.717) is 11.5 Å². The van der Waals surface area contributed by atoms with Gasteiger partial charge in [-0.3, -0.25) is 4.79 Å². The van der Waals surface area contributed by atoms with Crippen molar-refractivity contribution in [3.63, 3.8) is 0 Å². The predicted octanol–water partition coefficient (Wildman–Crippen LogP) is 3.64. The van der Waals surface area contributed by atoms with Gasteiger partial charge in [-0.2, -0.15) is 0 Å². The molecule has 202 valence electrons. The number of sulfonamides is 2. The van der Waals surface area contributed by atoms with Crippen molar-refractivity contribution in [1.29, 1.82) is 0 Å². The van der Waals surface area contributed by atoms with Gasteiger partial charge in [0.2, 0.25) is 15.9 Å². The molecule has 1 saturated carbocycles. The highest BCUT2D eigenvalue weighted by atomic mass is 32.2. The molecule has 10 nitrogen and oxygen atoms in total. The van der Waals surface area contributed by atoms with Gasteiger partial charge in [-0.1, -0.05) is 38.1 Å². The molecule has 4 N–H and O–H groups in total. The van der Waals surface area contributed by atoms with Crippen molar-refractivity contribution in [2.24, 2.45) is 5.92 Å². The summed E-state index contributed by atoms with van der Waals surface area (Å²) in [5.74, 6) is 0.287. The van der Waals surface area contributed by atoms with E-state index in [9.17, 15) is 26.4 Å². The zero-order chi connectivity index (χ0) is 27.2. The molecule has 37 heavy (non-hydrogen) atoms. The van der Waals surface area contributed by atoms with Gasteiger partial charge in [-0.25, -0.2) is 31.1 Å². The number of carbonyl (C=O) groups excluding carboxylic acids is 2. The fourth-order valence-corrected chi connectivity index (χ4v) is 6.45. The minimum absolute atomic E-state index is 0.0527. The Morgan fingerprint density at radius 2 is 1.54 bits per heavy atom. The number of benzene rings is 2. The number of amides is 3. The number of nitrogens with one attached hydrogen (secondary N) is 4. The van der Waals surface area contributed by atoms with Crippen molar-refractivity contribution in [3.8, 4) is 0 Å². The minimum Gasteiger partial charge on any atom is -0.335 e. The third-order valence-electron chi connectivity index (χ3n) is 6.37. The maximum absolute atomic E-state index is 13.0. The fraction of sp³-hybridized carbons (Fsp3) is 0.440. The van der Waals surface area contributed by atoms with Crippen LogP contribution in [0.15, 0.2) is 58.3 Å². The molecule has 1 aliphatic carbocycles. The quantitative estimate of drug-likeness (QED) is 0.374. The average Bonchev–Trinajstić information content (AvgIpc) is 2.85. The number of carbonyl (C=O) groups is 2. The van der Waals surface area contributed by atoms with Crippen molar-refractivity contribution >= 4 is 37.7 Å². The zero-order valence-corrected chi connectivity index (χ0v) is 22.8. The monoisotopic (exact) mass is 550 g/mol. The molecule has 0 bridgehead atoms. The molecule has 0 aliphatic heterocycles. The second-order valence-corrected chi connectivity index (χ2v) is 12.7. The predicted molar refractivity (Wildman–Crippen MR) is 141 cm³/mol. The van der Waals surface area contributed by atoms with Crippen LogP contribution in [0.2, 0.25) is 0 Å². The van der Waals surface area contributed by atoms with Crippen LogP contribution in [0, 0.1) is 5.92 Å². The van der Waals surface area contributed by atoms with Gasteiger partial charge in [0.05, 0.1) is 10.6 Å². The maximum atomic E-state index is 13.0. The van der Waals surface area contributed by atoms with Gasteiger partial charge in [-0.15, -0.1) is 0 Å². The highest BCUT2D eigenvalue weighted by Gasteiger charge is 2.25. The number of para-hydroxylation sites is 1. The SMILES string of the molecule is CCC(=O)Nc1ccccc1S(=O)(=O)NC(C)c1ccc(S(=O)(=O)NC(=O)NC2CCC(C)CC2)cc1. The van der Waals surface area contributed by atoms with Crippen molar-refractivity contribution in [2.75, 3.05) is 5.32 Å². The van der Waals surface area contributed by atoms with E-state index in [4.69, 9.17) is 0 Å². The molecule has 2 aromatic rings. The summed E-state index contributed by atoms with van der Waals surface area (Å²) in [7, 11) is -8.11. The lowest BCUT2D eigenvalue weighted by Crippen LogP contribution is -2.45. The van der Waals surface area contributed by atoms with Gasteiger partial charge in [0.1, 0.15) is 4.90 Å². The highest BCUT2D eigenvalue weighted by molar-refractivity contribution is 7.90. The van der Waals surface area contributed by atoms with E-state index >= 15 is 0 Å². The Balaban J connectivity index is 1.66. The van der Waals surface area contributed by atoms with Crippen LogP contribution >= 0.6 is 0 Å². The summed E-state index contributed by atoms with van der Waals surface area (Å²) in [4.78, 5) is 23.9. The molecule has 0 saturated heterocycles. The number of hydrogen-bond acceptors (Lipinski definition) is 6. The van der Waals surface area contributed by atoms with Gasteiger partial charge >= 0.3 is 6.03 Å². The van der Waals surface area contributed by atoms with Crippen molar-refractivity contribution in [1.82, 2.24) is 14.8 Å². The van der Waals surface area contributed by atoms with Crippen LogP contribution < -0.4 is 20.1 Å². The van der Waals surface area contributed by atoms with E-state index in [0.717, 1.165) is 25.7 Å². The van der Waals surface area contributed by atoms with Gasteiger partial charge in [0.25, 0.3) is 10.0 Å². The Morgan fingerprint density at radius 1 is 0.919 bits per heavy atom. The summed E-state index contributed by atoms with van der Waals surface area (Å²) in [6.07, 6.45) is 3.79. The third kappa shape index (κ3) is 7.76. The standard InChI is InChI=1S/C25H34N4O6S2/c1-4-24(30)27-22-7-5-6-8-23(22)37(34,35)28-18(3)19-11-15-21(16-12-19)36(32,33)29-25(31)26-20-13-9-17(2)10-14-20/h5-8,11-12,15-18,20,28H,4,9-10,13-14H2,1-3H3,(H,27,30)(H2,26,29,31). The Labute approximate surface area is 218 Å². The second-order valence-electron chi connectivity index (χ2n) is 9.35. The van der Waals surface area contributed by atoms with Crippen LogP contribution in [-0.2, 0) is 24.8 Å². The molecule has 1 unspecified atom stereocenters. The van der Waals surface area contributed by atoms with Gasteiger partial charge in [0, 0.05) is 18.5 Å². The van der Waals surface area contributed by atoms with E-state index < -0.39 is 32.1 Å². The van der Waals surface area contributed by atoms with Crippen molar-refractivity contribution < 1.29 is 26.4 Å². The van der Waals surface area contributed by atoms with E-state index in [1.807, 2.05) is 4.72 Å². The number of rotatable bonds is 9. The summed E-state index contributed by atoms with van der Waals surface area (Å²) in [5, 5.41) is 5.31. The van der Waals surface area contributed by atoms with Crippen LogP contribution in [0.5, 0.6) is 0 Å². The molecule has 0 spiro atoms. The molecule has 3 rings (SSSR count). The number of hydrogen-bond donors (Lipinski definition) is 4. The molecule has 1 aliphatic rings. The smallest absolute Gasteiger partial charge is 0.328 e. The lowest BCUT2D eigenvalue weighted by Gasteiger charge is -2.26. The zero-order valence-electron chi connectivity index (χ0n) is 21.2. The molecule has 0 aromatic heterocycles. The Kier molecular flexibility index (Phi) is 9.32. The maximum Gasteiger partial charge on any atom is 0.328 e. The van der Waals surface area contributed by atoms with Crippen molar-refractivity contribution in [2.45, 2.75) is 74.7 Å². The average molecular weight is 551 g/mol. The molecular weight excluding hydrogens is 516 g/mol. The fourth-order valence-electron chi connectivity index (χ4n) is 4.14. The summed E-state index contributed by atoms with van der Waals surface area (Å²) < 4.78 is 56.0. The molecule has 2 aromatic carbocycles. The van der Waals surface area contributed by atoms with Crippen LogP contribution in [0.3, 0.4) is 0 Å². The van der Waals surface area contributed by atoms with Gasteiger partial charge in [-0.05, 0) is 68.4 Å². The Hall–Kier alpha value is -2.96. The highest BCUT2D eigenvalue weighted by Crippen LogP contribution is 2.25. The van der Waals surface area contributed by atoms with Gasteiger partial charge < -0.3 is 10.6 Å². The summed E-state index contributed by atoms with van der Waals surface area (Å²) in [6, 6.07) is 10.1. The molecule has 3 amide bonds. The lowest BCUT2D eigenvalue weighted by atomic mass is 9.87. The molecule has 0 heterocycles. The first kappa shape index (κ1) is 28.6. The third-order valence-corrected chi connectivity index (χ3v) is 9.32. The van der Waals surface area contributed by atoms with E-state index in [1.165, 1.54) is 36.4 Å². The van der Waals surface area contributed by atoms with Crippen LogP contribution in [0.4, 0.5) is 10.5 Å². The van der Waals surface area contributed by atoms with Crippen molar-refractivity contribution in [3.05, 3.63) is 54.1 Å². The van der Waals surface area contributed by atoms with Gasteiger partial charge in [0.15, 0.2) is 0 Å². The minimum atomic E-state index is -4.10. The molecule has 1 fully saturated rings. The lowest BCUT2D eigenvalue weighted by molar-refractivity contribution is -0.115. The van der Waals surface area contributed by atoms with E-state index in [-0.39, 0.29) is 33.8 Å². The molecule has 1 atom stereocenters. The molecule has 0 radical (unpaired) electrons. The first-order valence-corrected chi connectivity index (χ1v) is 15.2. The summed E-state index contributed by atoms with van der Waals surface area (Å²) in [5.41, 5.74) is 0.681. The van der Waals surface area contributed by atoms with Crippen LogP contribution in [-0.4, -0.2) is 34.8 Å².